The minimum absolute atomic E-state index is 0.301. The number of hydrogen-bond donors (Lipinski definition) is 1. The Hall–Kier alpha value is -0.840. The fourth-order valence-corrected chi connectivity index (χ4v) is 2.80. The van der Waals surface area contributed by atoms with Gasteiger partial charge in [-0.2, -0.15) is 0 Å². The highest BCUT2D eigenvalue weighted by Crippen LogP contribution is 2.18. The maximum Gasteiger partial charge on any atom is 0.182 e. The molecule has 1 unspecified atom stereocenters. The van der Waals surface area contributed by atoms with E-state index in [0.29, 0.717) is 23.0 Å². The standard InChI is InChI=1S/C12H16ClNO2S/c1-3-8-14-9-10(2)17(15,16)12-6-4-11(13)5-7-12/h3-7,10,14H,1,8-9H2,2H3. The fourth-order valence-electron chi connectivity index (χ4n) is 1.35. The summed E-state index contributed by atoms with van der Waals surface area (Å²) in [6, 6.07) is 6.22. The first kappa shape index (κ1) is 14.2. The third-order valence-electron chi connectivity index (χ3n) is 2.39. The summed E-state index contributed by atoms with van der Waals surface area (Å²) < 4.78 is 24.3. The summed E-state index contributed by atoms with van der Waals surface area (Å²) in [7, 11) is -3.29. The van der Waals surface area contributed by atoms with Gasteiger partial charge in [0.2, 0.25) is 0 Å². The molecule has 1 atom stereocenters. The van der Waals surface area contributed by atoms with Crippen molar-refractivity contribution in [2.75, 3.05) is 13.1 Å². The van der Waals surface area contributed by atoms with Crippen LogP contribution in [0, 0.1) is 0 Å². The maximum absolute atomic E-state index is 12.1. The van der Waals surface area contributed by atoms with Crippen molar-refractivity contribution in [3.05, 3.63) is 41.9 Å². The predicted molar refractivity (Wildman–Crippen MR) is 71.2 cm³/mol. The first-order chi connectivity index (χ1) is 7.98. The van der Waals surface area contributed by atoms with Crippen LogP contribution >= 0.6 is 11.6 Å². The lowest BCUT2D eigenvalue weighted by atomic mass is 10.4. The first-order valence-corrected chi connectivity index (χ1v) is 7.22. The van der Waals surface area contributed by atoms with E-state index in [0.717, 1.165) is 0 Å². The number of halogens is 1. The second-order valence-electron chi connectivity index (χ2n) is 3.76. The molecule has 0 saturated heterocycles. The average molecular weight is 274 g/mol. The minimum atomic E-state index is -3.29. The molecule has 3 nitrogen and oxygen atoms in total. The van der Waals surface area contributed by atoms with E-state index in [9.17, 15) is 8.42 Å². The van der Waals surface area contributed by atoms with Gasteiger partial charge in [0.1, 0.15) is 0 Å². The van der Waals surface area contributed by atoms with Crippen LogP contribution in [0.3, 0.4) is 0 Å². The van der Waals surface area contributed by atoms with Crippen LogP contribution in [0.2, 0.25) is 5.02 Å². The third kappa shape index (κ3) is 3.84. The van der Waals surface area contributed by atoms with Gasteiger partial charge in [-0.1, -0.05) is 17.7 Å². The van der Waals surface area contributed by atoms with Gasteiger partial charge < -0.3 is 5.32 Å². The topological polar surface area (TPSA) is 46.2 Å². The van der Waals surface area contributed by atoms with Crippen LogP contribution in [-0.2, 0) is 9.84 Å². The Morgan fingerprint density at radius 3 is 2.53 bits per heavy atom. The SMILES string of the molecule is C=CCNCC(C)S(=O)(=O)c1ccc(Cl)cc1. The summed E-state index contributed by atoms with van der Waals surface area (Å²) in [5.74, 6) is 0. The third-order valence-corrected chi connectivity index (χ3v) is 4.80. The van der Waals surface area contributed by atoms with Crippen molar-refractivity contribution >= 4 is 21.4 Å². The van der Waals surface area contributed by atoms with Crippen molar-refractivity contribution < 1.29 is 8.42 Å². The van der Waals surface area contributed by atoms with Gasteiger partial charge in [-0.05, 0) is 31.2 Å². The zero-order valence-electron chi connectivity index (χ0n) is 9.69. The van der Waals surface area contributed by atoms with Crippen molar-refractivity contribution in [1.29, 1.82) is 0 Å². The lowest BCUT2D eigenvalue weighted by molar-refractivity contribution is 0.576. The smallest absolute Gasteiger partial charge is 0.182 e. The lowest BCUT2D eigenvalue weighted by Crippen LogP contribution is -2.31. The Labute approximate surface area is 107 Å². The molecule has 5 heteroatoms. The highest BCUT2D eigenvalue weighted by molar-refractivity contribution is 7.92. The lowest BCUT2D eigenvalue weighted by Gasteiger charge is -2.13. The highest BCUT2D eigenvalue weighted by Gasteiger charge is 2.22. The monoisotopic (exact) mass is 273 g/mol. The van der Waals surface area contributed by atoms with Crippen LogP contribution in [-0.4, -0.2) is 26.8 Å². The molecule has 0 aliphatic heterocycles. The normalized spacial score (nSPS) is 13.3. The molecule has 0 saturated carbocycles. The van der Waals surface area contributed by atoms with Gasteiger partial charge >= 0.3 is 0 Å². The van der Waals surface area contributed by atoms with Gasteiger partial charge in [0.15, 0.2) is 9.84 Å². The Morgan fingerprint density at radius 1 is 1.41 bits per heavy atom. The molecule has 0 aliphatic carbocycles. The van der Waals surface area contributed by atoms with Gasteiger partial charge in [-0.25, -0.2) is 8.42 Å². The molecule has 1 rings (SSSR count). The molecule has 0 bridgehead atoms. The molecule has 94 valence electrons. The number of benzene rings is 1. The summed E-state index contributed by atoms with van der Waals surface area (Å²) in [6.45, 7) is 6.24. The van der Waals surface area contributed by atoms with Crippen molar-refractivity contribution in [2.24, 2.45) is 0 Å². The first-order valence-electron chi connectivity index (χ1n) is 5.29. The fraction of sp³-hybridized carbons (Fsp3) is 0.333. The quantitative estimate of drug-likeness (QED) is 0.639. The summed E-state index contributed by atoms with van der Waals surface area (Å²) in [6.07, 6.45) is 1.70. The molecule has 1 N–H and O–H groups in total. The molecule has 0 heterocycles. The van der Waals surface area contributed by atoms with Crippen LogP contribution in [0.25, 0.3) is 0 Å². The van der Waals surface area contributed by atoms with E-state index in [1.54, 1.807) is 25.1 Å². The second kappa shape index (κ2) is 6.19. The summed E-state index contributed by atoms with van der Waals surface area (Å²) in [5, 5.41) is 3.05. The van der Waals surface area contributed by atoms with E-state index < -0.39 is 15.1 Å². The molecule has 0 spiro atoms. The molecule has 17 heavy (non-hydrogen) atoms. The van der Waals surface area contributed by atoms with Gasteiger partial charge in [-0.15, -0.1) is 6.58 Å². The van der Waals surface area contributed by atoms with Gasteiger partial charge in [-0.3, -0.25) is 0 Å². The molecule has 0 fully saturated rings. The Balaban J connectivity index is 2.80. The van der Waals surface area contributed by atoms with Crippen molar-refractivity contribution in [1.82, 2.24) is 5.32 Å². The largest absolute Gasteiger partial charge is 0.312 e. The molecule has 0 radical (unpaired) electrons. The number of nitrogens with one attached hydrogen (secondary N) is 1. The van der Waals surface area contributed by atoms with E-state index >= 15 is 0 Å². The maximum atomic E-state index is 12.1. The zero-order chi connectivity index (χ0) is 12.9. The van der Waals surface area contributed by atoms with Crippen LogP contribution in [0.1, 0.15) is 6.92 Å². The Bertz CT molecular complexity index is 468. The van der Waals surface area contributed by atoms with Crippen molar-refractivity contribution in [3.63, 3.8) is 0 Å². The van der Waals surface area contributed by atoms with E-state index in [4.69, 9.17) is 11.6 Å². The van der Waals surface area contributed by atoms with Crippen LogP contribution in [0.15, 0.2) is 41.8 Å². The Kier molecular flexibility index (Phi) is 5.18. The molecular formula is C12H16ClNO2S. The molecular weight excluding hydrogens is 258 g/mol. The summed E-state index contributed by atoms with van der Waals surface area (Å²) in [5.41, 5.74) is 0. The van der Waals surface area contributed by atoms with Gasteiger partial charge in [0.25, 0.3) is 0 Å². The van der Waals surface area contributed by atoms with E-state index in [-0.39, 0.29) is 0 Å². The molecule has 1 aromatic rings. The van der Waals surface area contributed by atoms with Crippen molar-refractivity contribution in [3.8, 4) is 0 Å². The molecule has 0 aromatic heterocycles. The van der Waals surface area contributed by atoms with E-state index in [2.05, 4.69) is 11.9 Å². The second-order valence-corrected chi connectivity index (χ2v) is 6.56. The minimum Gasteiger partial charge on any atom is -0.312 e. The number of sulfone groups is 1. The number of rotatable bonds is 6. The van der Waals surface area contributed by atoms with E-state index in [1.807, 2.05) is 0 Å². The van der Waals surface area contributed by atoms with Crippen LogP contribution < -0.4 is 5.32 Å². The van der Waals surface area contributed by atoms with Crippen LogP contribution in [0.4, 0.5) is 0 Å². The zero-order valence-corrected chi connectivity index (χ0v) is 11.3. The van der Waals surface area contributed by atoms with Gasteiger partial charge in [0.05, 0.1) is 10.1 Å². The molecule has 0 amide bonds. The average Bonchev–Trinajstić information content (AvgIpc) is 2.29. The molecule has 1 aromatic carbocycles. The van der Waals surface area contributed by atoms with Gasteiger partial charge in [0, 0.05) is 18.1 Å². The summed E-state index contributed by atoms with van der Waals surface area (Å²) in [4.78, 5) is 0.301. The predicted octanol–water partition coefficient (Wildman–Crippen LogP) is 2.28. The van der Waals surface area contributed by atoms with Crippen LogP contribution in [0.5, 0.6) is 0 Å². The highest BCUT2D eigenvalue weighted by atomic mass is 35.5. The van der Waals surface area contributed by atoms with E-state index in [1.165, 1.54) is 12.1 Å². The summed E-state index contributed by atoms with van der Waals surface area (Å²) >= 11 is 5.73. The number of hydrogen-bond acceptors (Lipinski definition) is 3. The molecule has 0 aliphatic rings. The van der Waals surface area contributed by atoms with Crippen molar-refractivity contribution in [2.45, 2.75) is 17.1 Å². The Morgan fingerprint density at radius 2 is 2.00 bits per heavy atom.